The fourth-order valence-electron chi connectivity index (χ4n) is 6.30. The van der Waals surface area contributed by atoms with Gasteiger partial charge in [0.15, 0.2) is 5.96 Å². The molecule has 8 atom stereocenters. The number of carbonyl (C=O) groups excluding carboxylic acids is 2. The van der Waals surface area contributed by atoms with E-state index in [0.717, 1.165) is 4.91 Å². The zero-order chi connectivity index (χ0) is 28.7. The molecule has 0 radical (unpaired) electrons. The molecule has 218 valence electrons. The second kappa shape index (κ2) is 11.2. The number of hydrogen-bond acceptors (Lipinski definition) is 11. The number of nitrogens with two attached hydrogens (primary N) is 3. The quantitative estimate of drug-likeness (QED) is 0.125. The third-order valence-corrected chi connectivity index (χ3v) is 9.74. The van der Waals surface area contributed by atoms with Gasteiger partial charge in [-0.3, -0.25) is 9.59 Å². The number of aromatic nitrogens is 4. The standard InChI is InChI=1S/C23H36N12O4S/c1-10-18-13(11(2)29-17(36)8-34-9-28-31-32-34)5-35(18)19(22(38)39)20(10)40-12-3-15(27-4-12)21(37)33-6-14(24)16(7-33)30-23(25)26/h9-16,18,27H,3-8,24H2,1-2H3,(H,29,36)(H,38,39)(H4,25,26,30)/t10-,11-,12+,13-,14+,15+,16-,18-/m1/s1. The number of tetrazole rings is 1. The fraction of sp³-hybridized carbons (Fsp3) is 0.696. The molecule has 16 nitrogen and oxygen atoms in total. The number of aliphatic carboxylic acids is 1. The van der Waals surface area contributed by atoms with Gasteiger partial charge in [0.05, 0.1) is 12.1 Å². The van der Waals surface area contributed by atoms with Gasteiger partial charge in [-0.25, -0.2) is 14.5 Å². The van der Waals surface area contributed by atoms with E-state index in [1.807, 2.05) is 18.7 Å². The van der Waals surface area contributed by atoms with Crippen LogP contribution in [0.4, 0.5) is 0 Å². The van der Waals surface area contributed by atoms with Crippen LogP contribution in [0.2, 0.25) is 0 Å². The van der Waals surface area contributed by atoms with Gasteiger partial charge >= 0.3 is 5.97 Å². The molecular formula is C23H36N12O4S. The van der Waals surface area contributed by atoms with Crippen LogP contribution >= 0.6 is 11.8 Å². The topological polar surface area (TPSA) is 236 Å². The van der Waals surface area contributed by atoms with Crippen LogP contribution in [0.1, 0.15) is 20.3 Å². The molecule has 0 aromatic carbocycles. The van der Waals surface area contributed by atoms with Crippen LogP contribution in [-0.2, 0) is 20.9 Å². The van der Waals surface area contributed by atoms with Gasteiger partial charge in [-0.1, -0.05) is 6.92 Å². The van der Waals surface area contributed by atoms with E-state index in [2.05, 4.69) is 31.2 Å². The number of nitrogens with one attached hydrogen (secondary N) is 2. The molecule has 0 bridgehead atoms. The first-order valence-corrected chi connectivity index (χ1v) is 14.2. The van der Waals surface area contributed by atoms with Crippen LogP contribution in [-0.4, -0.2) is 120 Å². The summed E-state index contributed by atoms with van der Waals surface area (Å²) in [6, 6.07) is -1.22. The lowest BCUT2D eigenvalue weighted by molar-refractivity contribution is -0.136. The SMILES string of the molecule is C[C@@H](NC(=O)Cn1cnnn1)[C@H]1CN2C(C(=O)O)=C(S[C@@H]3CN[C@H](C(=O)N4C[C@H](N)[C@H](N=C(N)N)C4)C3)[C@H](C)[C@H]12. The Morgan fingerprint density at radius 1 is 1.30 bits per heavy atom. The Bertz CT molecular complexity index is 1200. The minimum atomic E-state index is -0.957. The Morgan fingerprint density at radius 2 is 2.08 bits per heavy atom. The first kappa shape index (κ1) is 28.1. The van der Waals surface area contributed by atoms with Crippen molar-refractivity contribution in [2.75, 3.05) is 26.2 Å². The number of carboxylic acid groups (broad SMARTS) is 1. The average Bonchev–Trinajstić information content (AvgIpc) is 3.64. The van der Waals surface area contributed by atoms with Gasteiger partial charge in [-0.05, 0) is 23.8 Å². The first-order valence-electron chi connectivity index (χ1n) is 13.3. The Morgan fingerprint density at radius 3 is 2.75 bits per heavy atom. The van der Waals surface area contributed by atoms with Crippen molar-refractivity contribution >= 4 is 35.5 Å². The van der Waals surface area contributed by atoms with Crippen molar-refractivity contribution in [3.05, 3.63) is 16.9 Å². The van der Waals surface area contributed by atoms with E-state index < -0.39 is 5.97 Å². The predicted octanol–water partition coefficient (Wildman–Crippen LogP) is -3.30. The Hall–Kier alpha value is -3.44. The number of carbonyl (C=O) groups is 3. The van der Waals surface area contributed by atoms with Gasteiger partial charge in [0.2, 0.25) is 11.8 Å². The van der Waals surface area contributed by atoms with Crippen molar-refractivity contribution in [2.45, 2.75) is 62.3 Å². The largest absolute Gasteiger partial charge is 0.477 e. The number of fused-ring (bicyclic) bond motifs is 1. The summed E-state index contributed by atoms with van der Waals surface area (Å²) in [5.41, 5.74) is 17.4. The normalized spacial score (nSPS) is 32.0. The second-order valence-electron chi connectivity index (χ2n) is 10.9. The molecule has 0 unspecified atom stereocenters. The lowest BCUT2D eigenvalue weighted by Gasteiger charge is -2.50. The smallest absolute Gasteiger partial charge is 0.353 e. The fourth-order valence-corrected chi connectivity index (χ4v) is 7.79. The summed E-state index contributed by atoms with van der Waals surface area (Å²) in [5.74, 6) is -1.20. The van der Waals surface area contributed by atoms with Crippen molar-refractivity contribution < 1.29 is 19.5 Å². The number of nitrogens with zero attached hydrogens (tertiary/aromatic N) is 7. The molecular weight excluding hydrogens is 540 g/mol. The molecule has 0 saturated carbocycles. The van der Waals surface area contributed by atoms with E-state index in [1.54, 1.807) is 16.7 Å². The van der Waals surface area contributed by atoms with Crippen LogP contribution in [0, 0.1) is 11.8 Å². The molecule has 17 heteroatoms. The van der Waals surface area contributed by atoms with Crippen molar-refractivity contribution in [3.63, 3.8) is 0 Å². The zero-order valence-corrected chi connectivity index (χ0v) is 23.2. The number of hydrogen-bond donors (Lipinski definition) is 6. The van der Waals surface area contributed by atoms with E-state index in [4.69, 9.17) is 17.2 Å². The minimum absolute atomic E-state index is 0.0145. The molecule has 2 amide bonds. The van der Waals surface area contributed by atoms with Gasteiger partial charge in [-0.15, -0.1) is 16.9 Å². The van der Waals surface area contributed by atoms with E-state index >= 15 is 0 Å². The summed E-state index contributed by atoms with van der Waals surface area (Å²) in [7, 11) is 0. The molecule has 4 aliphatic rings. The zero-order valence-electron chi connectivity index (χ0n) is 22.4. The van der Waals surface area contributed by atoms with Crippen LogP contribution in [0.25, 0.3) is 0 Å². The van der Waals surface area contributed by atoms with Crippen molar-refractivity contribution in [2.24, 2.45) is 34.0 Å². The van der Waals surface area contributed by atoms with Crippen LogP contribution < -0.4 is 27.8 Å². The minimum Gasteiger partial charge on any atom is -0.477 e. The number of carboxylic acids is 1. The molecule has 5 heterocycles. The van der Waals surface area contributed by atoms with E-state index in [9.17, 15) is 19.5 Å². The van der Waals surface area contributed by atoms with Crippen molar-refractivity contribution in [1.82, 2.24) is 40.6 Å². The summed E-state index contributed by atoms with van der Waals surface area (Å²) in [6.45, 7) is 5.86. The van der Waals surface area contributed by atoms with Crippen LogP contribution in [0.15, 0.2) is 21.9 Å². The summed E-state index contributed by atoms with van der Waals surface area (Å²) < 4.78 is 1.35. The molecule has 3 saturated heterocycles. The summed E-state index contributed by atoms with van der Waals surface area (Å²) in [4.78, 5) is 46.5. The van der Waals surface area contributed by atoms with Crippen LogP contribution in [0.3, 0.4) is 0 Å². The van der Waals surface area contributed by atoms with E-state index in [-0.39, 0.29) is 71.6 Å². The monoisotopic (exact) mass is 576 g/mol. The number of aliphatic imine (C=N–C) groups is 1. The third-order valence-electron chi connectivity index (χ3n) is 8.22. The van der Waals surface area contributed by atoms with Crippen molar-refractivity contribution in [1.29, 1.82) is 0 Å². The molecule has 3 fully saturated rings. The summed E-state index contributed by atoms with van der Waals surface area (Å²) in [5, 5.41) is 27.2. The second-order valence-corrected chi connectivity index (χ2v) is 12.3. The molecule has 40 heavy (non-hydrogen) atoms. The third kappa shape index (κ3) is 5.44. The van der Waals surface area contributed by atoms with Gasteiger partial charge in [0, 0.05) is 66.3 Å². The Labute approximate surface area is 235 Å². The van der Waals surface area contributed by atoms with Crippen molar-refractivity contribution in [3.8, 4) is 0 Å². The number of thioether (sulfide) groups is 1. The average molecular weight is 577 g/mol. The highest BCUT2D eigenvalue weighted by molar-refractivity contribution is 8.03. The number of rotatable bonds is 9. The molecule has 1 aromatic rings. The molecule has 4 aliphatic heterocycles. The number of likely N-dealkylation sites (tertiary alicyclic amines) is 1. The predicted molar refractivity (Wildman–Crippen MR) is 145 cm³/mol. The van der Waals surface area contributed by atoms with E-state index in [1.165, 1.54) is 11.0 Å². The maximum atomic E-state index is 13.2. The van der Waals surface area contributed by atoms with Crippen LogP contribution in [0.5, 0.6) is 0 Å². The molecule has 0 spiro atoms. The molecule has 5 rings (SSSR count). The van der Waals surface area contributed by atoms with E-state index in [0.29, 0.717) is 38.3 Å². The van der Waals surface area contributed by atoms with Gasteiger partial charge in [-0.2, -0.15) is 0 Å². The lowest BCUT2D eigenvalue weighted by Crippen LogP contribution is -2.62. The molecule has 1 aromatic heterocycles. The lowest BCUT2D eigenvalue weighted by atomic mass is 9.79. The number of amides is 2. The highest BCUT2D eigenvalue weighted by atomic mass is 32.2. The Kier molecular flexibility index (Phi) is 7.87. The highest BCUT2D eigenvalue weighted by Gasteiger charge is 2.54. The first-order chi connectivity index (χ1) is 19.0. The maximum Gasteiger partial charge on any atom is 0.353 e. The highest BCUT2D eigenvalue weighted by Crippen LogP contribution is 2.51. The number of guanidine groups is 1. The van der Waals surface area contributed by atoms with Gasteiger partial charge in [0.25, 0.3) is 0 Å². The van der Waals surface area contributed by atoms with Gasteiger partial charge in [0.1, 0.15) is 18.6 Å². The van der Waals surface area contributed by atoms with Gasteiger partial charge < -0.3 is 42.7 Å². The molecule has 0 aliphatic carbocycles. The maximum absolute atomic E-state index is 13.2. The summed E-state index contributed by atoms with van der Waals surface area (Å²) in [6.07, 6.45) is 1.95. The Balaban J connectivity index is 1.18. The molecule has 9 N–H and O–H groups in total. The summed E-state index contributed by atoms with van der Waals surface area (Å²) >= 11 is 1.54.